The molecule has 0 aliphatic carbocycles. The maximum absolute atomic E-state index is 14.5. The van der Waals surface area contributed by atoms with Crippen molar-refractivity contribution in [3.8, 4) is 0 Å². The third-order valence-corrected chi connectivity index (χ3v) is 6.49. The minimum atomic E-state index is -0.427. The first-order chi connectivity index (χ1) is 14.3. The van der Waals surface area contributed by atoms with E-state index in [1.165, 1.54) is 12.1 Å². The Kier molecular flexibility index (Phi) is 7.34. The number of halogens is 1. The van der Waals surface area contributed by atoms with E-state index in [9.17, 15) is 14.0 Å². The molecular formula is C23H34FN3O3. The van der Waals surface area contributed by atoms with Crippen LogP contribution in [0.1, 0.15) is 56.0 Å². The van der Waals surface area contributed by atoms with Crippen LogP contribution in [0.2, 0.25) is 0 Å². The number of piperidine rings is 1. The molecule has 2 fully saturated rings. The van der Waals surface area contributed by atoms with Gasteiger partial charge in [-0.2, -0.15) is 0 Å². The van der Waals surface area contributed by atoms with Gasteiger partial charge in [0.2, 0.25) is 5.91 Å². The predicted molar refractivity (Wildman–Crippen MR) is 115 cm³/mol. The Bertz CT molecular complexity index is 779. The number of hydrogen-bond acceptors (Lipinski definition) is 4. The van der Waals surface area contributed by atoms with Gasteiger partial charge in [0.15, 0.2) is 0 Å². The minimum absolute atomic E-state index is 0.0325. The number of carbonyl (C=O) groups excluding carboxylic acids is 2. The van der Waals surface area contributed by atoms with Crippen LogP contribution < -0.4 is 15.5 Å². The van der Waals surface area contributed by atoms with Crippen molar-refractivity contribution in [2.45, 2.75) is 59.0 Å². The summed E-state index contributed by atoms with van der Waals surface area (Å²) in [4.78, 5) is 27.4. The second-order valence-electron chi connectivity index (χ2n) is 8.67. The number of benzene rings is 1. The standard InChI is InChI=1S/C23H34FN3O3/c1-5-27(18-6-8-30-9-7-18)21-12-17(24)11-19(16(21)4)22(28)25-13-20-14(2)10-15(3)26-23(20)29/h11-12,14-15,18,20H,5-10,13H2,1-4H3,(H,25,28)(H,26,29). The highest BCUT2D eigenvalue weighted by molar-refractivity contribution is 5.97. The molecule has 2 aliphatic rings. The fourth-order valence-electron chi connectivity index (χ4n) is 4.80. The first kappa shape index (κ1) is 22.5. The smallest absolute Gasteiger partial charge is 0.251 e. The number of hydrogen-bond donors (Lipinski definition) is 2. The molecule has 2 heterocycles. The molecular weight excluding hydrogens is 385 g/mol. The zero-order chi connectivity index (χ0) is 21.8. The lowest BCUT2D eigenvalue weighted by molar-refractivity contribution is -0.129. The van der Waals surface area contributed by atoms with Crippen LogP contribution in [0.3, 0.4) is 0 Å². The lowest BCUT2D eigenvalue weighted by Crippen LogP contribution is -2.50. The van der Waals surface area contributed by atoms with Crippen LogP contribution in [0.25, 0.3) is 0 Å². The molecule has 1 aromatic carbocycles. The van der Waals surface area contributed by atoms with E-state index in [2.05, 4.69) is 15.5 Å². The molecule has 1 aromatic rings. The van der Waals surface area contributed by atoms with Gasteiger partial charge in [-0.05, 0) is 63.6 Å². The van der Waals surface area contributed by atoms with Crippen LogP contribution in [0.4, 0.5) is 10.1 Å². The topological polar surface area (TPSA) is 70.7 Å². The van der Waals surface area contributed by atoms with Gasteiger partial charge in [-0.15, -0.1) is 0 Å². The molecule has 3 atom stereocenters. The average Bonchev–Trinajstić information content (AvgIpc) is 2.70. The number of ether oxygens (including phenoxy) is 1. The molecule has 2 saturated heterocycles. The van der Waals surface area contributed by atoms with E-state index in [0.717, 1.165) is 37.1 Å². The Hall–Kier alpha value is -2.15. The van der Waals surface area contributed by atoms with Crippen molar-refractivity contribution in [3.05, 3.63) is 29.1 Å². The van der Waals surface area contributed by atoms with Crippen molar-refractivity contribution in [1.82, 2.24) is 10.6 Å². The molecule has 0 saturated carbocycles. The Labute approximate surface area is 178 Å². The average molecular weight is 420 g/mol. The van der Waals surface area contributed by atoms with E-state index in [-0.39, 0.29) is 42.3 Å². The van der Waals surface area contributed by atoms with Crippen LogP contribution >= 0.6 is 0 Å². The first-order valence-corrected chi connectivity index (χ1v) is 11.0. The quantitative estimate of drug-likeness (QED) is 0.744. The Morgan fingerprint density at radius 2 is 2.00 bits per heavy atom. The molecule has 166 valence electrons. The molecule has 0 bridgehead atoms. The monoisotopic (exact) mass is 419 g/mol. The zero-order valence-corrected chi connectivity index (χ0v) is 18.5. The van der Waals surface area contributed by atoms with Crippen molar-refractivity contribution < 1.29 is 18.7 Å². The van der Waals surface area contributed by atoms with Gasteiger partial charge >= 0.3 is 0 Å². The van der Waals surface area contributed by atoms with Gasteiger partial charge in [-0.3, -0.25) is 9.59 Å². The van der Waals surface area contributed by atoms with Gasteiger partial charge in [-0.25, -0.2) is 4.39 Å². The molecule has 3 rings (SSSR count). The van der Waals surface area contributed by atoms with Crippen molar-refractivity contribution >= 4 is 17.5 Å². The molecule has 30 heavy (non-hydrogen) atoms. The van der Waals surface area contributed by atoms with E-state index >= 15 is 0 Å². The number of amides is 2. The summed E-state index contributed by atoms with van der Waals surface area (Å²) in [5.74, 6) is -0.885. The maximum atomic E-state index is 14.5. The molecule has 2 N–H and O–H groups in total. The van der Waals surface area contributed by atoms with E-state index < -0.39 is 5.82 Å². The van der Waals surface area contributed by atoms with E-state index in [0.29, 0.717) is 18.8 Å². The molecule has 6 nitrogen and oxygen atoms in total. The lowest BCUT2D eigenvalue weighted by atomic mass is 9.84. The summed E-state index contributed by atoms with van der Waals surface area (Å²) < 4.78 is 20.0. The highest BCUT2D eigenvalue weighted by Gasteiger charge is 2.32. The van der Waals surface area contributed by atoms with Crippen molar-refractivity contribution in [2.75, 3.05) is 31.2 Å². The normalized spacial score (nSPS) is 25.0. The lowest BCUT2D eigenvalue weighted by Gasteiger charge is -2.36. The number of carbonyl (C=O) groups is 2. The summed E-state index contributed by atoms with van der Waals surface area (Å²) in [6.07, 6.45) is 2.66. The predicted octanol–water partition coefficient (Wildman–Crippen LogP) is 3.03. The third kappa shape index (κ3) is 4.94. The SMILES string of the molecule is CCN(c1cc(F)cc(C(=O)NCC2C(=O)NC(C)CC2C)c1C)C1CCOCC1. The minimum Gasteiger partial charge on any atom is -0.381 e. The van der Waals surface area contributed by atoms with Crippen molar-refractivity contribution in [1.29, 1.82) is 0 Å². The summed E-state index contributed by atoms with van der Waals surface area (Å²) >= 11 is 0. The van der Waals surface area contributed by atoms with Crippen LogP contribution in [-0.2, 0) is 9.53 Å². The molecule has 2 aliphatic heterocycles. The van der Waals surface area contributed by atoms with Crippen molar-refractivity contribution in [3.63, 3.8) is 0 Å². The van der Waals surface area contributed by atoms with Crippen LogP contribution in [0.5, 0.6) is 0 Å². The number of anilines is 1. The maximum Gasteiger partial charge on any atom is 0.251 e. The molecule has 0 aromatic heterocycles. The van der Waals surface area contributed by atoms with E-state index in [1.54, 1.807) is 0 Å². The summed E-state index contributed by atoms with van der Waals surface area (Å²) in [7, 11) is 0. The summed E-state index contributed by atoms with van der Waals surface area (Å²) in [5, 5.41) is 5.82. The Morgan fingerprint density at radius 1 is 1.30 bits per heavy atom. The molecule has 7 heteroatoms. The largest absolute Gasteiger partial charge is 0.381 e. The molecule has 3 unspecified atom stereocenters. The van der Waals surface area contributed by atoms with Gasteiger partial charge in [0.25, 0.3) is 5.91 Å². The van der Waals surface area contributed by atoms with E-state index in [4.69, 9.17) is 4.74 Å². The first-order valence-electron chi connectivity index (χ1n) is 11.0. The van der Waals surface area contributed by atoms with Gasteiger partial charge in [0.05, 0.1) is 5.92 Å². The Balaban J connectivity index is 1.77. The second-order valence-corrected chi connectivity index (χ2v) is 8.67. The number of nitrogens with zero attached hydrogens (tertiary/aromatic N) is 1. The fraction of sp³-hybridized carbons (Fsp3) is 0.652. The Morgan fingerprint density at radius 3 is 2.63 bits per heavy atom. The number of rotatable bonds is 6. The number of nitrogens with one attached hydrogen (secondary N) is 2. The summed E-state index contributed by atoms with van der Waals surface area (Å²) in [5.41, 5.74) is 1.84. The van der Waals surface area contributed by atoms with Crippen LogP contribution in [-0.4, -0.2) is 50.2 Å². The zero-order valence-electron chi connectivity index (χ0n) is 18.5. The highest BCUT2D eigenvalue weighted by Crippen LogP contribution is 2.30. The van der Waals surface area contributed by atoms with E-state index in [1.807, 2.05) is 27.7 Å². The fourth-order valence-corrected chi connectivity index (χ4v) is 4.80. The van der Waals surface area contributed by atoms with Gasteiger partial charge in [-0.1, -0.05) is 6.92 Å². The molecule has 0 spiro atoms. The molecule has 0 radical (unpaired) electrons. The second kappa shape index (κ2) is 9.77. The van der Waals surface area contributed by atoms with Gasteiger partial charge in [0.1, 0.15) is 5.82 Å². The molecule has 2 amide bonds. The van der Waals surface area contributed by atoms with Crippen LogP contribution in [0, 0.1) is 24.6 Å². The highest BCUT2D eigenvalue weighted by atomic mass is 19.1. The summed E-state index contributed by atoms with van der Waals surface area (Å²) in [6.45, 7) is 10.3. The van der Waals surface area contributed by atoms with Crippen molar-refractivity contribution in [2.24, 2.45) is 11.8 Å². The van der Waals surface area contributed by atoms with Gasteiger partial charge in [0, 0.05) is 49.6 Å². The third-order valence-electron chi connectivity index (χ3n) is 6.49. The summed E-state index contributed by atoms with van der Waals surface area (Å²) in [6, 6.07) is 3.23. The van der Waals surface area contributed by atoms with Crippen LogP contribution in [0.15, 0.2) is 12.1 Å². The van der Waals surface area contributed by atoms with Gasteiger partial charge < -0.3 is 20.3 Å².